The Kier molecular flexibility index (Phi) is 2.69. The molecular weight excluding hydrogens is 254 g/mol. The van der Waals surface area contributed by atoms with Gasteiger partial charge in [-0.3, -0.25) is 9.59 Å². The molecule has 0 spiro atoms. The van der Waals surface area contributed by atoms with Crippen LogP contribution in [0.25, 0.3) is 0 Å². The monoisotopic (exact) mass is 273 g/mol. The third-order valence-corrected chi connectivity index (χ3v) is 4.96. The Balaban J connectivity index is 1.62. The van der Waals surface area contributed by atoms with Crippen LogP contribution in [0.5, 0.6) is 0 Å². The summed E-state index contributed by atoms with van der Waals surface area (Å²) in [6, 6.07) is 1.75. The van der Waals surface area contributed by atoms with Crippen molar-refractivity contribution >= 4 is 5.91 Å². The summed E-state index contributed by atoms with van der Waals surface area (Å²) < 4.78 is 0. The Bertz CT molecular complexity index is 605. The molecule has 1 amide bonds. The molecule has 2 aliphatic carbocycles. The van der Waals surface area contributed by atoms with E-state index in [1.165, 1.54) is 18.9 Å². The van der Waals surface area contributed by atoms with Gasteiger partial charge in [0.1, 0.15) is 11.5 Å². The molecule has 0 radical (unpaired) electrons. The van der Waals surface area contributed by atoms with Crippen molar-refractivity contribution in [2.75, 3.05) is 6.54 Å². The molecule has 2 heterocycles. The van der Waals surface area contributed by atoms with Crippen LogP contribution in [0.1, 0.15) is 60.8 Å². The normalized spacial score (nSPS) is 28.7. The van der Waals surface area contributed by atoms with Crippen LogP contribution in [0.2, 0.25) is 0 Å². The molecule has 20 heavy (non-hydrogen) atoms. The molecule has 0 bridgehead atoms. The predicted octanol–water partition coefficient (Wildman–Crippen LogP) is 1.66. The van der Waals surface area contributed by atoms with E-state index in [2.05, 4.69) is 9.97 Å². The molecule has 1 aliphatic heterocycles. The number of H-pyrrole nitrogens is 1. The maximum absolute atomic E-state index is 12.6. The molecule has 1 aromatic rings. The number of hydrogen-bond donors (Lipinski definition) is 1. The number of nitrogens with zero attached hydrogens (tertiary/aromatic N) is 2. The van der Waals surface area contributed by atoms with Gasteiger partial charge in [-0.15, -0.1) is 0 Å². The van der Waals surface area contributed by atoms with Crippen LogP contribution in [0.4, 0.5) is 0 Å². The third kappa shape index (κ3) is 1.96. The molecule has 3 aliphatic rings. The first-order chi connectivity index (χ1) is 9.72. The molecule has 106 valence electrons. The Labute approximate surface area is 117 Å². The van der Waals surface area contributed by atoms with Crippen LogP contribution in [-0.4, -0.2) is 33.4 Å². The molecule has 1 saturated heterocycles. The fourth-order valence-corrected chi connectivity index (χ4v) is 3.52. The average molecular weight is 273 g/mol. The number of carbonyl (C=O) groups is 1. The van der Waals surface area contributed by atoms with Gasteiger partial charge in [-0.2, -0.15) is 0 Å². The van der Waals surface area contributed by atoms with Crippen molar-refractivity contribution in [2.45, 2.75) is 50.5 Å². The summed E-state index contributed by atoms with van der Waals surface area (Å²) in [5.41, 5.74) is 0.135. The second-order valence-electron chi connectivity index (χ2n) is 6.34. The molecule has 1 N–H and O–H groups in total. The van der Waals surface area contributed by atoms with Gasteiger partial charge in [0, 0.05) is 24.6 Å². The minimum absolute atomic E-state index is 0.0487. The first-order valence-electron chi connectivity index (χ1n) is 7.64. The summed E-state index contributed by atoms with van der Waals surface area (Å²) in [6.45, 7) is 0.813. The predicted molar refractivity (Wildman–Crippen MR) is 73.6 cm³/mol. The lowest BCUT2D eigenvalue weighted by Crippen LogP contribution is -2.53. The third-order valence-electron chi connectivity index (χ3n) is 4.96. The zero-order valence-electron chi connectivity index (χ0n) is 11.5. The SMILES string of the molecule is O=C(c1cc(=O)[nH]c(C2CC2)n1)N1CCC[C@@H]2CC[C@@H]21. The number of amides is 1. The highest BCUT2D eigenvalue weighted by Gasteiger charge is 2.41. The van der Waals surface area contributed by atoms with E-state index in [0.29, 0.717) is 29.4 Å². The molecule has 4 rings (SSSR count). The number of likely N-dealkylation sites (tertiary alicyclic amines) is 1. The minimum atomic E-state index is -0.201. The van der Waals surface area contributed by atoms with E-state index >= 15 is 0 Å². The summed E-state index contributed by atoms with van der Waals surface area (Å²) in [4.78, 5) is 33.5. The highest BCUT2D eigenvalue weighted by Crippen LogP contribution is 2.40. The van der Waals surface area contributed by atoms with Gasteiger partial charge >= 0.3 is 0 Å². The minimum Gasteiger partial charge on any atom is -0.334 e. The molecule has 5 nitrogen and oxygen atoms in total. The van der Waals surface area contributed by atoms with Crippen molar-refractivity contribution in [1.29, 1.82) is 0 Å². The average Bonchev–Trinajstić information content (AvgIpc) is 3.22. The second-order valence-corrected chi connectivity index (χ2v) is 6.34. The van der Waals surface area contributed by atoms with Crippen molar-refractivity contribution in [3.05, 3.63) is 27.9 Å². The maximum Gasteiger partial charge on any atom is 0.272 e. The van der Waals surface area contributed by atoms with Crippen LogP contribution in [0.3, 0.4) is 0 Å². The highest BCUT2D eigenvalue weighted by molar-refractivity contribution is 5.92. The molecule has 2 saturated carbocycles. The van der Waals surface area contributed by atoms with Crippen molar-refractivity contribution in [1.82, 2.24) is 14.9 Å². The number of hydrogen-bond acceptors (Lipinski definition) is 3. The summed E-state index contributed by atoms with van der Waals surface area (Å²) in [6.07, 6.45) is 6.79. The molecule has 2 atom stereocenters. The molecule has 5 heteroatoms. The highest BCUT2D eigenvalue weighted by atomic mass is 16.2. The number of aromatic nitrogens is 2. The number of piperidine rings is 1. The number of carbonyl (C=O) groups excluding carboxylic acids is 1. The van der Waals surface area contributed by atoms with E-state index in [4.69, 9.17) is 0 Å². The first kappa shape index (κ1) is 12.1. The quantitative estimate of drug-likeness (QED) is 0.891. The van der Waals surface area contributed by atoms with Crippen LogP contribution in [-0.2, 0) is 0 Å². The van der Waals surface area contributed by atoms with Crippen LogP contribution < -0.4 is 5.56 Å². The fourth-order valence-electron chi connectivity index (χ4n) is 3.52. The Morgan fingerprint density at radius 1 is 1.25 bits per heavy atom. The van der Waals surface area contributed by atoms with E-state index in [0.717, 1.165) is 32.2 Å². The van der Waals surface area contributed by atoms with Gasteiger partial charge in [0.05, 0.1) is 0 Å². The lowest BCUT2D eigenvalue weighted by molar-refractivity contribution is 0.0179. The second kappa shape index (κ2) is 4.43. The molecular formula is C15H19N3O2. The largest absolute Gasteiger partial charge is 0.334 e. The van der Waals surface area contributed by atoms with Crippen LogP contribution in [0, 0.1) is 5.92 Å². The summed E-state index contributed by atoms with van der Waals surface area (Å²) in [5.74, 6) is 1.68. The molecule has 1 aromatic heterocycles. The van der Waals surface area contributed by atoms with Gasteiger partial charge in [-0.05, 0) is 44.4 Å². The Hall–Kier alpha value is -1.65. The zero-order chi connectivity index (χ0) is 13.7. The number of fused-ring (bicyclic) bond motifs is 1. The number of rotatable bonds is 2. The van der Waals surface area contributed by atoms with Crippen molar-refractivity contribution in [2.24, 2.45) is 5.92 Å². The van der Waals surface area contributed by atoms with Gasteiger partial charge in [0.2, 0.25) is 0 Å². The van der Waals surface area contributed by atoms with Crippen molar-refractivity contribution in [3.63, 3.8) is 0 Å². The van der Waals surface area contributed by atoms with E-state index < -0.39 is 0 Å². The van der Waals surface area contributed by atoms with Gasteiger partial charge in [0.15, 0.2) is 0 Å². The van der Waals surface area contributed by atoms with E-state index in [-0.39, 0.29) is 11.5 Å². The first-order valence-corrected chi connectivity index (χ1v) is 7.64. The lowest BCUT2D eigenvalue weighted by Gasteiger charge is -2.48. The van der Waals surface area contributed by atoms with Gasteiger partial charge in [-0.25, -0.2) is 4.98 Å². The van der Waals surface area contributed by atoms with Crippen LogP contribution >= 0.6 is 0 Å². The Morgan fingerprint density at radius 2 is 2.10 bits per heavy atom. The van der Waals surface area contributed by atoms with Crippen molar-refractivity contribution in [3.8, 4) is 0 Å². The van der Waals surface area contributed by atoms with E-state index in [9.17, 15) is 9.59 Å². The number of nitrogens with one attached hydrogen (secondary N) is 1. The van der Waals surface area contributed by atoms with Crippen LogP contribution in [0.15, 0.2) is 10.9 Å². The number of aromatic amines is 1. The smallest absolute Gasteiger partial charge is 0.272 e. The summed E-state index contributed by atoms with van der Waals surface area (Å²) in [7, 11) is 0. The van der Waals surface area contributed by atoms with Crippen molar-refractivity contribution < 1.29 is 4.79 Å². The fraction of sp³-hybridized carbons (Fsp3) is 0.667. The zero-order valence-corrected chi connectivity index (χ0v) is 11.5. The lowest BCUT2D eigenvalue weighted by atomic mass is 9.73. The van der Waals surface area contributed by atoms with Gasteiger partial charge < -0.3 is 9.88 Å². The molecule has 0 aromatic carbocycles. The topological polar surface area (TPSA) is 66.1 Å². The van der Waals surface area contributed by atoms with Gasteiger partial charge in [0.25, 0.3) is 11.5 Å². The Morgan fingerprint density at radius 3 is 2.80 bits per heavy atom. The molecule has 0 unspecified atom stereocenters. The standard InChI is InChI=1S/C15H19N3O2/c19-13-8-11(16-14(17-13)10-3-4-10)15(20)18-7-1-2-9-5-6-12(9)18/h8-10,12H,1-7H2,(H,16,17,19)/t9-,12+/m1/s1. The summed E-state index contributed by atoms with van der Waals surface area (Å²) in [5, 5.41) is 0. The van der Waals surface area contributed by atoms with E-state index in [1.807, 2.05) is 4.90 Å². The maximum atomic E-state index is 12.6. The summed E-state index contributed by atoms with van der Waals surface area (Å²) >= 11 is 0. The van der Waals surface area contributed by atoms with Gasteiger partial charge in [-0.1, -0.05) is 0 Å². The molecule has 3 fully saturated rings. The van der Waals surface area contributed by atoms with E-state index in [1.54, 1.807) is 0 Å².